The second-order valence-electron chi connectivity index (χ2n) is 3.22. The Kier molecular flexibility index (Phi) is 5.07. The molecule has 0 fully saturated rings. The number of hydrogen-bond donors (Lipinski definition) is 1. The summed E-state index contributed by atoms with van der Waals surface area (Å²) in [7, 11) is 0. The molecule has 1 atom stereocenters. The van der Waals surface area contributed by atoms with Crippen molar-refractivity contribution in [3.63, 3.8) is 0 Å². The largest absolute Gasteiger partial charge is 0.491 e. The molecule has 0 radical (unpaired) electrons. The predicted octanol–water partition coefficient (Wildman–Crippen LogP) is 1.57. The van der Waals surface area contributed by atoms with Crippen molar-refractivity contribution in [2.24, 2.45) is 5.73 Å². The fourth-order valence-corrected chi connectivity index (χ4v) is 1.01. The monoisotopic (exact) mass is 213 g/mol. The molecule has 1 unspecified atom stereocenters. The third-order valence-electron chi connectivity index (χ3n) is 1.90. The molecule has 0 saturated carbocycles. The summed E-state index contributed by atoms with van der Waals surface area (Å²) in [6.45, 7) is 3.32. The van der Waals surface area contributed by atoms with E-state index in [0.29, 0.717) is 25.5 Å². The lowest BCUT2D eigenvalue weighted by atomic mass is 10.3. The summed E-state index contributed by atoms with van der Waals surface area (Å²) in [6, 6.07) is 5.89. The van der Waals surface area contributed by atoms with Gasteiger partial charge in [-0.1, -0.05) is 0 Å². The summed E-state index contributed by atoms with van der Waals surface area (Å²) >= 11 is 0. The lowest BCUT2D eigenvalue weighted by molar-refractivity contribution is 0.0496. The summed E-state index contributed by atoms with van der Waals surface area (Å²) in [5, 5.41) is 0. The molecule has 2 N–H and O–H groups in total. The van der Waals surface area contributed by atoms with Gasteiger partial charge in [0.2, 0.25) is 0 Å². The number of rotatable bonds is 6. The van der Waals surface area contributed by atoms with E-state index < -0.39 is 0 Å². The van der Waals surface area contributed by atoms with Crippen LogP contribution in [0, 0.1) is 5.82 Å². The molecule has 0 spiro atoms. The molecule has 0 aromatic heterocycles. The van der Waals surface area contributed by atoms with Crippen LogP contribution in [0.15, 0.2) is 24.3 Å². The van der Waals surface area contributed by atoms with E-state index in [9.17, 15) is 4.39 Å². The van der Waals surface area contributed by atoms with Gasteiger partial charge in [-0.3, -0.25) is 0 Å². The molecule has 3 nitrogen and oxygen atoms in total. The number of ether oxygens (including phenoxy) is 2. The molecule has 84 valence electrons. The Hall–Kier alpha value is -1.13. The summed E-state index contributed by atoms with van der Waals surface area (Å²) in [4.78, 5) is 0. The highest BCUT2D eigenvalue weighted by molar-refractivity contribution is 5.21. The first-order valence-electron chi connectivity index (χ1n) is 4.92. The van der Waals surface area contributed by atoms with Gasteiger partial charge in [-0.25, -0.2) is 4.39 Å². The predicted molar refractivity (Wildman–Crippen MR) is 56.4 cm³/mol. The SMILES string of the molecule is CC(CN)OCCOc1ccc(F)cc1. The third kappa shape index (κ3) is 4.76. The molecular weight excluding hydrogens is 197 g/mol. The number of hydrogen-bond acceptors (Lipinski definition) is 3. The zero-order valence-corrected chi connectivity index (χ0v) is 8.78. The van der Waals surface area contributed by atoms with Gasteiger partial charge in [0, 0.05) is 6.54 Å². The third-order valence-corrected chi connectivity index (χ3v) is 1.90. The second-order valence-corrected chi connectivity index (χ2v) is 3.22. The fraction of sp³-hybridized carbons (Fsp3) is 0.455. The maximum Gasteiger partial charge on any atom is 0.123 e. The van der Waals surface area contributed by atoms with Crippen LogP contribution in [0.4, 0.5) is 4.39 Å². The lowest BCUT2D eigenvalue weighted by Gasteiger charge is -2.11. The molecule has 0 saturated heterocycles. The lowest BCUT2D eigenvalue weighted by Crippen LogP contribution is -2.22. The molecule has 0 heterocycles. The Morgan fingerprint density at radius 1 is 1.27 bits per heavy atom. The molecule has 0 aliphatic heterocycles. The highest BCUT2D eigenvalue weighted by atomic mass is 19.1. The summed E-state index contributed by atoms with van der Waals surface area (Å²) in [5.74, 6) is 0.371. The second kappa shape index (κ2) is 6.37. The zero-order chi connectivity index (χ0) is 11.1. The van der Waals surface area contributed by atoms with E-state index in [4.69, 9.17) is 15.2 Å². The van der Waals surface area contributed by atoms with Crippen molar-refractivity contribution in [1.82, 2.24) is 0 Å². The van der Waals surface area contributed by atoms with Gasteiger partial charge in [-0.2, -0.15) is 0 Å². The van der Waals surface area contributed by atoms with Crippen molar-refractivity contribution in [2.75, 3.05) is 19.8 Å². The van der Waals surface area contributed by atoms with Crippen LogP contribution in [0.2, 0.25) is 0 Å². The first kappa shape index (κ1) is 11.9. The topological polar surface area (TPSA) is 44.5 Å². The molecule has 0 aliphatic carbocycles. The zero-order valence-electron chi connectivity index (χ0n) is 8.78. The van der Waals surface area contributed by atoms with Gasteiger partial charge in [0.15, 0.2) is 0 Å². The van der Waals surface area contributed by atoms with E-state index in [0.717, 1.165) is 0 Å². The van der Waals surface area contributed by atoms with Crippen LogP contribution < -0.4 is 10.5 Å². The van der Waals surface area contributed by atoms with Crippen molar-refractivity contribution >= 4 is 0 Å². The Labute approximate surface area is 89.0 Å². The van der Waals surface area contributed by atoms with E-state index in [2.05, 4.69) is 0 Å². The number of nitrogens with two attached hydrogens (primary N) is 1. The van der Waals surface area contributed by atoms with Gasteiger partial charge in [0.05, 0.1) is 12.7 Å². The van der Waals surface area contributed by atoms with Crippen molar-refractivity contribution in [2.45, 2.75) is 13.0 Å². The van der Waals surface area contributed by atoms with Crippen LogP contribution in [0.5, 0.6) is 5.75 Å². The van der Waals surface area contributed by atoms with Gasteiger partial charge in [0.25, 0.3) is 0 Å². The molecule has 0 amide bonds. The average molecular weight is 213 g/mol. The molecule has 0 aliphatic rings. The summed E-state index contributed by atoms with van der Waals surface area (Å²) in [5.41, 5.74) is 5.37. The van der Waals surface area contributed by atoms with E-state index in [1.54, 1.807) is 12.1 Å². The molecule has 15 heavy (non-hydrogen) atoms. The van der Waals surface area contributed by atoms with Crippen molar-refractivity contribution in [1.29, 1.82) is 0 Å². The first-order chi connectivity index (χ1) is 7.22. The highest BCUT2D eigenvalue weighted by Gasteiger charge is 1.98. The minimum Gasteiger partial charge on any atom is -0.491 e. The van der Waals surface area contributed by atoms with Gasteiger partial charge in [0.1, 0.15) is 18.2 Å². The van der Waals surface area contributed by atoms with Gasteiger partial charge < -0.3 is 15.2 Å². The quantitative estimate of drug-likeness (QED) is 0.729. The van der Waals surface area contributed by atoms with Crippen molar-refractivity contribution in [3.8, 4) is 5.75 Å². The van der Waals surface area contributed by atoms with E-state index >= 15 is 0 Å². The van der Waals surface area contributed by atoms with E-state index in [-0.39, 0.29) is 11.9 Å². The van der Waals surface area contributed by atoms with Crippen LogP contribution in [-0.2, 0) is 4.74 Å². The first-order valence-corrected chi connectivity index (χ1v) is 4.92. The average Bonchev–Trinajstić information content (AvgIpc) is 2.26. The Morgan fingerprint density at radius 2 is 1.93 bits per heavy atom. The van der Waals surface area contributed by atoms with E-state index in [1.807, 2.05) is 6.92 Å². The minimum atomic E-state index is -0.268. The van der Waals surface area contributed by atoms with Crippen LogP contribution in [0.25, 0.3) is 0 Å². The Morgan fingerprint density at radius 3 is 2.53 bits per heavy atom. The highest BCUT2D eigenvalue weighted by Crippen LogP contribution is 2.10. The molecule has 1 aromatic rings. The number of halogens is 1. The molecule has 4 heteroatoms. The van der Waals surface area contributed by atoms with Gasteiger partial charge in [-0.15, -0.1) is 0 Å². The van der Waals surface area contributed by atoms with Crippen molar-refractivity contribution < 1.29 is 13.9 Å². The maximum atomic E-state index is 12.5. The smallest absolute Gasteiger partial charge is 0.123 e. The normalized spacial score (nSPS) is 12.5. The van der Waals surface area contributed by atoms with E-state index in [1.165, 1.54) is 12.1 Å². The Bertz CT molecular complexity index is 276. The fourth-order valence-electron chi connectivity index (χ4n) is 1.01. The standard InChI is InChI=1S/C11H16FNO2/c1-9(8-13)14-6-7-15-11-4-2-10(12)3-5-11/h2-5,9H,6-8,13H2,1H3. The van der Waals surface area contributed by atoms with Crippen molar-refractivity contribution in [3.05, 3.63) is 30.1 Å². The minimum absolute atomic E-state index is 0.0433. The summed E-state index contributed by atoms with van der Waals surface area (Å²) in [6.07, 6.45) is 0.0433. The van der Waals surface area contributed by atoms with Crippen LogP contribution in [0.1, 0.15) is 6.92 Å². The van der Waals surface area contributed by atoms with Gasteiger partial charge in [-0.05, 0) is 31.2 Å². The molecule has 0 bridgehead atoms. The molecule has 1 aromatic carbocycles. The van der Waals surface area contributed by atoms with Crippen LogP contribution >= 0.6 is 0 Å². The molecule has 1 rings (SSSR count). The van der Waals surface area contributed by atoms with Gasteiger partial charge >= 0.3 is 0 Å². The van der Waals surface area contributed by atoms with Crippen LogP contribution in [-0.4, -0.2) is 25.9 Å². The maximum absolute atomic E-state index is 12.5. The molecular formula is C11H16FNO2. The van der Waals surface area contributed by atoms with Crippen LogP contribution in [0.3, 0.4) is 0 Å². The number of benzene rings is 1. The summed E-state index contributed by atoms with van der Waals surface area (Å²) < 4.78 is 23.2. The Balaban J connectivity index is 2.17.